The van der Waals surface area contributed by atoms with Crippen molar-refractivity contribution in [3.8, 4) is 0 Å². The first-order chi connectivity index (χ1) is 12.8. The van der Waals surface area contributed by atoms with Crippen LogP contribution in [0, 0.1) is 24.3 Å². The van der Waals surface area contributed by atoms with Crippen molar-refractivity contribution in [2.75, 3.05) is 18.5 Å². The van der Waals surface area contributed by atoms with Crippen LogP contribution >= 0.6 is 22.6 Å². The Hall–Kier alpha value is -2.42. The zero-order valence-electron chi connectivity index (χ0n) is 15.4. The highest BCUT2D eigenvalue weighted by molar-refractivity contribution is 14.1. The van der Waals surface area contributed by atoms with Crippen molar-refractivity contribution in [3.05, 3.63) is 62.2 Å². The van der Waals surface area contributed by atoms with Crippen molar-refractivity contribution < 1.29 is 19.1 Å². The van der Waals surface area contributed by atoms with Crippen molar-refractivity contribution in [1.82, 2.24) is 5.32 Å². The van der Waals surface area contributed by atoms with Crippen LogP contribution in [0.4, 0.5) is 5.69 Å². The summed E-state index contributed by atoms with van der Waals surface area (Å²) in [6.07, 6.45) is 0. The third-order valence-corrected chi connectivity index (χ3v) is 4.45. The number of hydrogen-bond donors (Lipinski definition) is 2. The Labute approximate surface area is 171 Å². The molecule has 0 spiro atoms. The Bertz CT molecular complexity index is 857. The van der Waals surface area contributed by atoms with Crippen LogP contribution in [-0.4, -0.2) is 30.9 Å². The number of ether oxygens (including phenoxy) is 1. The lowest BCUT2D eigenvalue weighted by Crippen LogP contribution is -2.35. The highest BCUT2D eigenvalue weighted by atomic mass is 127. The van der Waals surface area contributed by atoms with Crippen molar-refractivity contribution in [2.45, 2.75) is 20.8 Å². The normalized spacial score (nSPS) is 10.2. The Kier molecular flexibility index (Phi) is 7.35. The maximum absolute atomic E-state index is 12.1. The summed E-state index contributed by atoms with van der Waals surface area (Å²) in [5.41, 5.74) is 4.14. The lowest BCUT2D eigenvalue weighted by molar-refractivity contribution is -0.126. The predicted octanol–water partition coefficient (Wildman–Crippen LogP) is 3.13. The van der Waals surface area contributed by atoms with Gasteiger partial charge < -0.3 is 15.4 Å². The number of carbonyl (C=O) groups excluding carboxylic acids is 3. The monoisotopic (exact) mass is 480 g/mol. The summed E-state index contributed by atoms with van der Waals surface area (Å²) in [4.78, 5) is 35.8. The van der Waals surface area contributed by atoms with Crippen LogP contribution < -0.4 is 10.6 Å². The van der Waals surface area contributed by atoms with Crippen LogP contribution in [0.25, 0.3) is 0 Å². The van der Waals surface area contributed by atoms with E-state index in [1.54, 1.807) is 18.2 Å². The maximum Gasteiger partial charge on any atom is 0.338 e. The molecule has 6 nitrogen and oxygen atoms in total. The van der Waals surface area contributed by atoms with Crippen molar-refractivity contribution in [2.24, 2.45) is 0 Å². The third-order valence-electron chi connectivity index (χ3n) is 3.78. The van der Waals surface area contributed by atoms with Crippen LogP contribution in [0.2, 0.25) is 0 Å². The van der Waals surface area contributed by atoms with Gasteiger partial charge in [-0.3, -0.25) is 9.59 Å². The Morgan fingerprint density at radius 1 is 1.00 bits per heavy atom. The highest BCUT2D eigenvalue weighted by Crippen LogP contribution is 2.21. The van der Waals surface area contributed by atoms with E-state index in [2.05, 4.69) is 33.2 Å². The summed E-state index contributed by atoms with van der Waals surface area (Å²) in [6.45, 7) is 5.17. The topological polar surface area (TPSA) is 84.5 Å². The van der Waals surface area contributed by atoms with E-state index in [-0.39, 0.29) is 12.5 Å². The Morgan fingerprint density at radius 2 is 1.67 bits per heavy atom. The van der Waals surface area contributed by atoms with E-state index in [1.165, 1.54) is 0 Å². The second-order valence-electron chi connectivity index (χ2n) is 6.19. The van der Waals surface area contributed by atoms with E-state index in [4.69, 9.17) is 4.74 Å². The van der Waals surface area contributed by atoms with Crippen LogP contribution in [0.1, 0.15) is 27.0 Å². The number of halogens is 1. The first-order valence-electron chi connectivity index (χ1n) is 8.33. The van der Waals surface area contributed by atoms with Crippen LogP contribution in [0.5, 0.6) is 0 Å². The van der Waals surface area contributed by atoms with Gasteiger partial charge in [0.05, 0.1) is 12.1 Å². The van der Waals surface area contributed by atoms with E-state index in [9.17, 15) is 14.4 Å². The number of benzene rings is 2. The SMILES string of the molecule is Cc1cc(C)c(NC(=O)CNC(=O)COC(=O)c2cccc(I)c2)c(C)c1. The fourth-order valence-electron chi connectivity index (χ4n) is 2.62. The fourth-order valence-corrected chi connectivity index (χ4v) is 3.16. The molecular formula is C20H21IN2O4. The summed E-state index contributed by atoms with van der Waals surface area (Å²) < 4.78 is 5.85. The molecule has 0 saturated heterocycles. The molecule has 0 aromatic heterocycles. The molecule has 27 heavy (non-hydrogen) atoms. The molecule has 0 aliphatic rings. The van der Waals surface area contributed by atoms with Gasteiger partial charge in [0.1, 0.15) is 0 Å². The first kappa shape index (κ1) is 20.9. The number of aryl methyl sites for hydroxylation is 3. The van der Waals surface area contributed by atoms with E-state index in [0.717, 1.165) is 25.9 Å². The third kappa shape index (κ3) is 6.35. The Morgan fingerprint density at radius 3 is 2.30 bits per heavy atom. The molecule has 2 aromatic rings. The van der Waals surface area contributed by atoms with Crippen molar-refractivity contribution >= 4 is 46.1 Å². The quantitative estimate of drug-likeness (QED) is 0.492. The van der Waals surface area contributed by atoms with Crippen LogP contribution in [0.3, 0.4) is 0 Å². The zero-order valence-corrected chi connectivity index (χ0v) is 17.5. The fraction of sp³-hybridized carbons (Fsp3) is 0.250. The lowest BCUT2D eigenvalue weighted by Gasteiger charge is -2.13. The smallest absolute Gasteiger partial charge is 0.338 e. The first-order valence-corrected chi connectivity index (χ1v) is 9.41. The number of esters is 1. The van der Waals surface area contributed by atoms with Gasteiger partial charge in [0.25, 0.3) is 5.91 Å². The summed E-state index contributed by atoms with van der Waals surface area (Å²) in [5, 5.41) is 5.24. The molecule has 0 radical (unpaired) electrons. The molecule has 0 heterocycles. The molecule has 2 rings (SSSR count). The zero-order chi connectivity index (χ0) is 20.0. The van der Waals surface area contributed by atoms with Gasteiger partial charge in [-0.1, -0.05) is 23.8 Å². The molecule has 0 saturated carbocycles. The highest BCUT2D eigenvalue weighted by Gasteiger charge is 2.12. The lowest BCUT2D eigenvalue weighted by atomic mass is 10.1. The predicted molar refractivity (Wildman–Crippen MR) is 112 cm³/mol. The van der Waals surface area contributed by atoms with Gasteiger partial charge in [0.2, 0.25) is 5.91 Å². The summed E-state index contributed by atoms with van der Waals surface area (Å²) >= 11 is 2.08. The molecule has 142 valence electrons. The van der Waals surface area contributed by atoms with Gasteiger partial charge in [0.15, 0.2) is 6.61 Å². The number of nitrogens with one attached hydrogen (secondary N) is 2. The number of hydrogen-bond acceptors (Lipinski definition) is 4. The molecule has 2 N–H and O–H groups in total. The summed E-state index contributed by atoms with van der Waals surface area (Å²) in [7, 11) is 0. The second-order valence-corrected chi connectivity index (χ2v) is 7.43. The molecule has 7 heteroatoms. The van der Waals surface area contributed by atoms with Gasteiger partial charge in [-0.15, -0.1) is 0 Å². The maximum atomic E-state index is 12.1. The minimum atomic E-state index is -0.584. The minimum absolute atomic E-state index is 0.202. The van der Waals surface area contributed by atoms with Gasteiger partial charge in [-0.25, -0.2) is 4.79 Å². The molecule has 2 aromatic carbocycles. The average molecular weight is 480 g/mol. The molecule has 2 amide bonds. The molecular weight excluding hydrogens is 459 g/mol. The van der Waals surface area contributed by atoms with Gasteiger partial charge in [-0.2, -0.15) is 0 Å². The van der Waals surface area contributed by atoms with Crippen LogP contribution in [-0.2, 0) is 14.3 Å². The summed E-state index contributed by atoms with van der Waals surface area (Å²) in [6, 6.07) is 10.8. The minimum Gasteiger partial charge on any atom is -0.452 e. The standard InChI is InChI=1S/C20H21IN2O4/c1-12-7-13(2)19(14(3)8-12)23-17(24)10-22-18(25)11-27-20(26)15-5-4-6-16(21)9-15/h4-9H,10-11H2,1-3H3,(H,22,25)(H,23,24). The molecule has 0 bridgehead atoms. The Balaban J connectivity index is 1.80. The number of amides is 2. The largest absolute Gasteiger partial charge is 0.452 e. The van der Waals surface area contributed by atoms with E-state index in [0.29, 0.717) is 5.56 Å². The number of rotatable bonds is 6. The average Bonchev–Trinajstić information content (AvgIpc) is 2.60. The molecule has 0 aliphatic heterocycles. The van der Waals surface area contributed by atoms with E-state index < -0.39 is 18.5 Å². The van der Waals surface area contributed by atoms with Gasteiger partial charge >= 0.3 is 5.97 Å². The van der Waals surface area contributed by atoms with Crippen LogP contribution in [0.15, 0.2) is 36.4 Å². The summed E-state index contributed by atoms with van der Waals surface area (Å²) in [5.74, 6) is -1.47. The number of anilines is 1. The molecule has 0 aliphatic carbocycles. The van der Waals surface area contributed by atoms with E-state index in [1.807, 2.05) is 39.0 Å². The molecule has 0 fully saturated rings. The van der Waals surface area contributed by atoms with Crippen molar-refractivity contribution in [1.29, 1.82) is 0 Å². The van der Waals surface area contributed by atoms with Gasteiger partial charge in [0, 0.05) is 9.26 Å². The van der Waals surface area contributed by atoms with Gasteiger partial charge in [-0.05, 0) is 72.7 Å². The molecule has 0 atom stereocenters. The number of carbonyl (C=O) groups is 3. The second kappa shape index (κ2) is 9.50. The van der Waals surface area contributed by atoms with Crippen molar-refractivity contribution in [3.63, 3.8) is 0 Å². The van der Waals surface area contributed by atoms with E-state index >= 15 is 0 Å². The molecule has 0 unspecified atom stereocenters.